The van der Waals surface area contributed by atoms with E-state index in [-0.39, 0.29) is 5.78 Å². The van der Waals surface area contributed by atoms with Gasteiger partial charge in [-0.2, -0.15) is 0 Å². The highest BCUT2D eigenvalue weighted by Crippen LogP contribution is 2.21. The van der Waals surface area contributed by atoms with Crippen LogP contribution in [-0.4, -0.2) is 50.6 Å². The molecule has 0 amide bonds. The number of fused-ring (bicyclic) bond motifs is 1. The van der Waals surface area contributed by atoms with Crippen molar-refractivity contribution in [2.24, 2.45) is 0 Å². The second-order valence-electron chi connectivity index (χ2n) is 7.29. The van der Waals surface area contributed by atoms with Gasteiger partial charge in [-0.05, 0) is 31.2 Å². The number of quaternary nitrogens is 1. The fourth-order valence-electron chi connectivity index (χ4n) is 3.85. The van der Waals surface area contributed by atoms with Crippen LogP contribution in [0.1, 0.15) is 15.9 Å². The minimum Gasteiger partial charge on any atom is -0.497 e. The van der Waals surface area contributed by atoms with Gasteiger partial charge in [0, 0.05) is 34.4 Å². The maximum absolute atomic E-state index is 12.9. The van der Waals surface area contributed by atoms with Crippen molar-refractivity contribution in [2.45, 2.75) is 6.92 Å². The van der Waals surface area contributed by atoms with Crippen molar-refractivity contribution in [3.8, 4) is 5.75 Å². The van der Waals surface area contributed by atoms with Crippen LogP contribution >= 0.6 is 0 Å². The van der Waals surface area contributed by atoms with Gasteiger partial charge in [-0.25, -0.2) is 0 Å². The number of nitrogens with zero attached hydrogens (tertiary/aromatic N) is 1. The van der Waals surface area contributed by atoms with Crippen molar-refractivity contribution < 1.29 is 14.4 Å². The van der Waals surface area contributed by atoms with Gasteiger partial charge in [0.15, 0.2) is 0 Å². The van der Waals surface area contributed by atoms with Crippen LogP contribution in [0.2, 0.25) is 0 Å². The van der Waals surface area contributed by atoms with Crippen LogP contribution in [-0.2, 0) is 0 Å². The Kier molecular flexibility index (Phi) is 4.86. The Morgan fingerprint density at radius 2 is 2.00 bits per heavy atom. The van der Waals surface area contributed by atoms with Gasteiger partial charge in [-0.3, -0.25) is 4.79 Å². The molecule has 140 valence electrons. The molecule has 0 spiro atoms. The number of aromatic amines is 1. The van der Waals surface area contributed by atoms with Crippen LogP contribution in [0.3, 0.4) is 0 Å². The number of ketones is 1. The summed E-state index contributed by atoms with van der Waals surface area (Å²) in [7, 11) is 1.69. The van der Waals surface area contributed by atoms with Gasteiger partial charge >= 0.3 is 0 Å². The molecular weight excluding hydrogens is 338 g/mol. The molecule has 5 heteroatoms. The predicted octanol–water partition coefficient (Wildman–Crippen LogP) is 2.07. The summed E-state index contributed by atoms with van der Waals surface area (Å²) in [6, 6.07) is 14.4. The number of methoxy groups -OCH3 is 1. The molecule has 0 aliphatic carbocycles. The van der Waals surface area contributed by atoms with E-state index in [1.165, 1.54) is 16.2 Å². The van der Waals surface area contributed by atoms with Crippen LogP contribution in [0.4, 0.5) is 5.69 Å². The van der Waals surface area contributed by atoms with Crippen molar-refractivity contribution >= 4 is 22.4 Å². The molecule has 2 aromatic carbocycles. The van der Waals surface area contributed by atoms with Crippen molar-refractivity contribution in [1.29, 1.82) is 0 Å². The number of Topliss-reactive ketones (excluding diaryl/α,β-unsaturated/α-hetero) is 1. The number of aromatic nitrogens is 1. The van der Waals surface area contributed by atoms with E-state index < -0.39 is 0 Å². The number of carbonyl (C=O) groups excluding carboxylic acids is 1. The number of anilines is 1. The van der Waals surface area contributed by atoms with Crippen LogP contribution in [0.25, 0.3) is 10.9 Å². The maximum atomic E-state index is 12.9. The molecule has 1 aromatic heterocycles. The summed E-state index contributed by atoms with van der Waals surface area (Å²) in [6.45, 7) is 6.43. The number of ether oxygens (including phenoxy) is 1. The molecule has 2 N–H and O–H groups in total. The average Bonchev–Trinajstić information content (AvgIpc) is 3.11. The summed E-state index contributed by atoms with van der Waals surface area (Å²) in [4.78, 5) is 19.8. The van der Waals surface area contributed by atoms with Gasteiger partial charge in [0.1, 0.15) is 12.3 Å². The molecule has 1 aliphatic heterocycles. The molecule has 0 atom stereocenters. The molecule has 2 heterocycles. The third-order valence-electron chi connectivity index (χ3n) is 5.44. The van der Waals surface area contributed by atoms with E-state index in [9.17, 15) is 4.79 Å². The van der Waals surface area contributed by atoms with Crippen LogP contribution in [0.15, 0.2) is 48.7 Å². The topological polar surface area (TPSA) is 49.8 Å². The lowest BCUT2D eigenvalue weighted by Gasteiger charge is -2.33. The third kappa shape index (κ3) is 3.69. The van der Waals surface area contributed by atoms with Crippen LogP contribution < -0.4 is 14.5 Å². The SMILES string of the molecule is COc1cccc(N2CC[NH+](CC(=O)c3c[nH]c4ccc(C)cc34)CC2)c1. The Morgan fingerprint density at radius 3 is 2.78 bits per heavy atom. The molecule has 1 saturated heterocycles. The van der Waals surface area contributed by atoms with Gasteiger partial charge < -0.3 is 19.5 Å². The van der Waals surface area contributed by atoms with E-state index in [0.717, 1.165) is 48.4 Å². The maximum Gasteiger partial charge on any atom is 0.219 e. The molecule has 5 nitrogen and oxygen atoms in total. The molecular formula is C22H26N3O2+. The minimum absolute atomic E-state index is 0.219. The molecule has 27 heavy (non-hydrogen) atoms. The quantitative estimate of drug-likeness (QED) is 0.682. The Balaban J connectivity index is 1.40. The standard InChI is InChI=1S/C22H25N3O2/c1-16-6-7-21-19(12-16)20(14-23-21)22(26)15-24-8-10-25(11-9-24)17-4-3-5-18(13-17)27-2/h3-7,12-14,23H,8-11,15H2,1-2H3/p+1. The Morgan fingerprint density at radius 1 is 1.19 bits per heavy atom. The fourth-order valence-corrected chi connectivity index (χ4v) is 3.85. The zero-order chi connectivity index (χ0) is 18.8. The number of hydrogen-bond donors (Lipinski definition) is 2. The monoisotopic (exact) mass is 364 g/mol. The Labute approximate surface area is 159 Å². The first-order valence-electron chi connectivity index (χ1n) is 9.47. The summed E-state index contributed by atoms with van der Waals surface area (Å²) >= 11 is 0. The van der Waals surface area contributed by atoms with Gasteiger partial charge in [-0.1, -0.05) is 17.7 Å². The molecule has 3 aromatic rings. The number of hydrogen-bond acceptors (Lipinski definition) is 3. The molecule has 0 radical (unpaired) electrons. The fraction of sp³-hybridized carbons (Fsp3) is 0.318. The summed E-state index contributed by atoms with van der Waals surface area (Å²) < 4.78 is 5.32. The molecule has 1 fully saturated rings. The summed E-state index contributed by atoms with van der Waals surface area (Å²) in [5.41, 5.74) is 4.21. The summed E-state index contributed by atoms with van der Waals surface area (Å²) in [6.07, 6.45) is 1.86. The number of nitrogens with one attached hydrogen (secondary N) is 2. The zero-order valence-electron chi connectivity index (χ0n) is 15.9. The lowest BCUT2D eigenvalue weighted by atomic mass is 10.1. The van der Waals surface area contributed by atoms with E-state index in [4.69, 9.17) is 4.74 Å². The van der Waals surface area contributed by atoms with Gasteiger partial charge in [0.05, 0.1) is 33.3 Å². The molecule has 1 aliphatic rings. The van der Waals surface area contributed by atoms with E-state index in [1.807, 2.05) is 24.4 Å². The summed E-state index contributed by atoms with van der Waals surface area (Å²) in [5.74, 6) is 1.10. The van der Waals surface area contributed by atoms with Crippen molar-refractivity contribution in [1.82, 2.24) is 4.98 Å². The number of aryl methyl sites for hydroxylation is 1. The largest absolute Gasteiger partial charge is 0.497 e. The first-order valence-corrected chi connectivity index (χ1v) is 9.47. The Hall–Kier alpha value is -2.79. The van der Waals surface area contributed by atoms with E-state index >= 15 is 0 Å². The average molecular weight is 364 g/mol. The number of benzene rings is 2. The van der Waals surface area contributed by atoms with Crippen LogP contribution in [0.5, 0.6) is 5.75 Å². The first kappa shape index (κ1) is 17.6. The van der Waals surface area contributed by atoms with E-state index in [1.54, 1.807) is 7.11 Å². The highest BCUT2D eigenvalue weighted by Gasteiger charge is 2.24. The number of carbonyl (C=O) groups is 1. The van der Waals surface area contributed by atoms with E-state index in [0.29, 0.717) is 6.54 Å². The number of H-pyrrole nitrogens is 1. The molecule has 0 bridgehead atoms. The second kappa shape index (κ2) is 7.45. The van der Waals surface area contributed by atoms with Gasteiger partial charge in [-0.15, -0.1) is 0 Å². The van der Waals surface area contributed by atoms with Gasteiger partial charge in [0.25, 0.3) is 0 Å². The Bertz CT molecular complexity index is 955. The molecule has 0 saturated carbocycles. The van der Waals surface area contributed by atoms with Crippen molar-refractivity contribution in [3.05, 3.63) is 59.8 Å². The van der Waals surface area contributed by atoms with Gasteiger partial charge in [0.2, 0.25) is 5.78 Å². The first-order chi connectivity index (χ1) is 13.1. The smallest absolute Gasteiger partial charge is 0.219 e. The lowest BCUT2D eigenvalue weighted by molar-refractivity contribution is -0.892. The van der Waals surface area contributed by atoms with Crippen LogP contribution in [0, 0.1) is 6.92 Å². The van der Waals surface area contributed by atoms with E-state index in [2.05, 4.69) is 41.1 Å². The number of piperazine rings is 1. The van der Waals surface area contributed by atoms with Crippen molar-refractivity contribution in [2.75, 3.05) is 44.7 Å². The highest BCUT2D eigenvalue weighted by atomic mass is 16.5. The van der Waals surface area contributed by atoms with Crippen molar-refractivity contribution in [3.63, 3.8) is 0 Å². The zero-order valence-corrected chi connectivity index (χ0v) is 15.9. The predicted molar refractivity (Wildman–Crippen MR) is 108 cm³/mol. The minimum atomic E-state index is 0.219. The molecule has 0 unspecified atom stereocenters. The lowest BCUT2D eigenvalue weighted by Crippen LogP contribution is -3.15. The normalized spacial score (nSPS) is 15.3. The summed E-state index contributed by atoms with van der Waals surface area (Å²) in [5, 5.41) is 1.04. The number of rotatable bonds is 5. The molecule has 4 rings (SSSR count). The third-order valence-corrected chi connectivity index (χ3v) is 5.44. The second-order valence-corrected chi connectivity index (χ2v) is 7.29. The highest BCUT2D eigenvalue weighted by molar-refractivity contribution is 6.08.